The number of esters is 1. The van der Waals surface area contributed by atoms with Gasteiger partial charge in [-0.05, 0) is 38.7 Å². The van der Waals surface area contributed by atoms with Crippen molar-refractivity contribution in [2.45, 2.75) is 89.7 Å². The fourth-order valence-electron chi connectivity index (χ4n) is 4.88. The standard InChI is InChI=1S/C26H42O7/c1-16(15-26(5)25(33-26)18(3)24(31-8)19(4)27)10-9-11-17(2)23-21(29-6)13-12-20(32-23)14-22(28)30-7/h9-13,16,18-21,23-25,27H,14-15H2,1-8H3/b10-9+,17-11+/t16-,18-,19-,20-,21-,23-,24?,25-,26-/m1/s1. The zero-order chi connectivity index (χ0) is 24.8. The molecule has 2 heterocycles. The van der Waals surface area contributed by atoms with Crippen LogP contribution < -0.4 is 0 Å². The third kappa shape index (κ3) is 7.49. The van der Waals surface area contributed by atoms with Gasteiger partial charge in [0.1, 0.15) is 12.2 Å². The van der Waals surface area contributed by atoms with Crippen LogP contribution in [0.1, 0.15) is 47.5 Å². The molecule has 1 saturated heterocycles. The molecule has 2 rings (SSSR count). The van der Waals surface area contributed by atoms with Gasteiger partial charge in [-0.1, -0.05) is 44.2 Å². The first-order valence-corrected chi connectivity index (χ1v) is 11.7. The van der Waals surface area contributed by atoms with Crippen molar-refractivity contribution in [2.75, 3.05) is 21.3 Å². The number of hydrogen-bond donors (Lipinski definition) is 1. The molecule has 188 valence electrons. The first-order valence-electron chi connectivity index (χ1n) is 11.7. The molecule has 1 fully saturated rings. The van der Waals surface area contributed by atoms with Crippen molar-refractivity contribution in [1.82, 2.24) is 0 Å². The van der Waals surface area contributed by atoms with Gasteiger partial charge in [-0.2, -0.15) is 0 Å². The minimum absolute atomic E-state index is 0.0711. The zero-order valence-corrected chi connectivity index (χ0v) is 21.3. The third-order valence-corrected chi connectivity index (χ3v) is 6.66. The molecule has 7 heteroatoms. The second kappa shape index (κ2) is 12.3. The van der Waals surface area contributed by atoms with Crippen molar-refractivity contribution < 1.29 is 33.6 Å². The lowest BCUT2D eigenvalue weighted by Gasteiger charge is -2.32. The summed E-state index contributed by atoms with van der Waals surface area (Å²) in [5.41, 5.74) is 0.803. The van der Waals surface area contributed by atoms with E-state index in [9.17, 15) is 9.90 Å². The molecule has 0 aromatic carbocycles. The highest BCUT2D eigenvalue weighted by Gasteiger charge is 2.56. The molecule has 0 radical (unpaired) electrons. The van der Waals surface area contributed by atoms with Crippen molar-refractivity contribution in [3.63, 3.8) is 0 Å². The first-order chi connectivity index (χ1) is 15.6. The summed E-state index contributed by atoms with van der Waals surface area (Å²) in [6, 6.07) is 0. The number of rotatable bonds is 12. The summed E-state index contributed by atoms with van der Waals surface area (Å²) < 4.78 is 27.9. The molecular weight excluding hydrogens is 424 g/mol. The molecule has 0 bridgehead atoms. The molecular formula is C26H42O7. The summed E-state index contributed by atoms with van der Waals surface area (Å²) in [5.74, 6) is 0.114. The van der Waals surface area contributed by atoms with E-state index in [0.29, 0.717) is 5.92 Å². The summed E-state index contributed by atoms with van der Waals surface area (Å²) in [6.45, 7) is 10.1. The van der Waals surface area contributed by atoms with E-state index in [-0.39, 0.29) is 54.4 Å². The maximum atomic E-state index is 11.6. The smallest absolute Gasteiger partial charge is 0.308 e. The summed E-state index contributed by atoms with van der Waals surface area (Å²) >= 11 is 0. The van der Waals surface area contributed by atoms with E-state index < -0.39 is 6.10 Å². The number of epoxide rings is 1. The van der Waals surface area contributed by atoms with E-state index in [2.05, 4.69) is 26.8 Å². The van der Waals surface area contributed by atoms with E-state index in [1.165, 1.54) is 7.11 Å². The van der Waals surface area contributed by atoms with Crippen LogP contribution in [-0.2, 0) is 28.5 Å². The molecule has 2 aliphatic heterocycles. The van der Waals surface area contributed by atoms with Gasteiger partial charge in [-0.15, -0.1) is 0 Å². The molecule has 1 unspecified atom stereocenters. The second-order valence-electron chi connectivity index (χ2n) is 9.59. The van der Waals surface area contributed by atoms with E-state index in [1.54, 1.807) is 21.1 Å². The Hall–Kier alpha value is -1.51. The Kier molecular flexibility index (Phi) is 10.3. The topological polar surface area (TPSA) is 86.8 Å². The van der Waals surface area contributed by atoms with E-state index in [1.807, 2.05) is 31.2 Å². The molecule has 0 aromatic rings. The Morgan fingerprint density at radius 3 is 2.48 bits per heavy atom. The minimum atomic E-state index is -0.538. The van der Waals surface area contributed by atoms with Crippen LogP contribution in [0.2, 0.25) is 0 Å². The number of hydrogen-bond acceptors (Lipinski definition) is 7. The van der Waals surface area contributed by atoms with Crippen LogP contribution >= 0.6 is 0 Å². The van der Waals surface area contributed by atoms with Gasteiger partial charge in [0.2, 0.25) is 0 Å². The quantitative estimate of drug-likeness (QED) is 0.203. The van der Waals surface area contributed by atoms with Crippen molar-refractivity contribution in [1.29, 1.82) is 0 Å². The highest BCUT2D eigenvalue weighted by Crippen LogP contribution is 2.47. The summed E-state index contributed by atoms with van der Waals surface area (Å²) in [5, 5.41) is 9.95. The van der Waals surface area contributed by atoms with Crippen LogP contribution in [0.15, 0.2) is 36.0 Å². The third-order valence-electron chi connectivity index (χ3n) is 6.66. The average molecular weight is 467 g/mol. The molecule has 0 amide bonds. The fraction of sp³-hybridized carbons (Fsp3) is 0.731. The van der Waals surface area contributed by atoms with Crippen LogP contribution in [0.5, 0.6) is 0 Å². The highest BCUT2D eigenvalue weighted by atomic mass is 16.6. The summed E-state index contributed by atoms with van der Waals surface area (Å²) in [4.78, 5) is 11.6. The predicted octanol–water partition coefficient (Wildman–Crippen LogP) is 3.61. The molecule has 0 saturated carbocycles. The van der Waals surface area contributed by atoms with Gasteiger partial charge in [-0.25, -0.2) is 0 Å². The normalized spacial score (nSPS) is 33.5. The van der Waals surface area contributed by atoms with Gasteiger partial charge in [-0.3, -0.25) is 4.79 Å². The largest absolute Gasteiger partial charge is 0.469 e. The molecule has 2 aliphatic rings. The molecule has 33 heavy (non-hydrogen) atoms. The van der Waals surface area contributed by atoms with Gasteiger partial charge >= 0.3 is 5.97 Å². The number of aliphatic hydroxyl groups is 1. The van der Waals surface area contributed by atoms with Crippen LogP contribution in [0.4, 0.5) is 0 Å². The van der Waals surface area contributed by atoms with Crippen LogP contribution in [0.3, 0.4) is 0 Å². The molecule has 1 N–H and O–H groups in total. The zero-order valence-electron chi connectivity index (χ0n) is 21.3. The Morgan fingerprint density at radius 2 is 1.91 bits per heavy atom. The van der Waals surface area contributed by atoms with Crippen molar-refractivity contribution >= 4 is 5.97 Å². The maximum Gasteiger partial charge on any atom is 0.308 e. The second-order valence-corrected chi connectivity index (χ2v) is 9.59. The van der Waals surface area contributed by atoms with Gasteiger partial charge in [0, 0.05) is 20.1 Å². The molecule has 7 nitrogen and oxygen atoms in total. The molecule has 0 aliphatic carbocycles. The predicted molar refractivity (Wildman–Crippen MR) is 127 cm³/mol. The number of carbonyl (C=O) groups is 1. The summed E-state index contributed by atoms with van der Waals surface area (Å²) in [7, 11) is 4.66. The summed E-state index contributed by atoms with van der Waals surface area (Å²) in [6.07, 6.45) is 9.58. The van der Waals surface area contributed by atoms with Crippen LogP contribution in [-0.4, -0.2) is 74.6 Å². The Morgan fingerprint density at radius 1 is 1.21 bits per heavy atom. The molecule has 0 aromatic heterocycles. The average Bonchev–Trinajstić information content (AvgIpc) is 3.43. The van der Waals surface area contributed by atoms with Crippen molar-refractivity contribution in [3.8, 4) is 0 Å². The Bertz CT molecular complexity index is 728. The minimum Gasteiger partial charge on any atom is -0.469 e. The maximum absolute atomic E-state index is 11.6. The lowest BCUT2D eigenvalue weighted by atomic mass is 9.86. The lowest BCUT2D eigenvalue weighted by Crippen LogP contribution is -2.38. The number of methoxy groups -OCH3 is 3. The monoisotopic (exact) mass is 466 g/mol. The number of carbonyl (C=O) groups excluding carboxylic acids is 1. The van der Waals surface area contributed by atoms with Gasteiger partial charge < -0.3 is 28.8 Å². The molecule has 0 spiro atoms. The number of aliphatic hydroxyl groups excluding tert-OH is 1. The van der Waals surface area contributed by atoms with E-state index in [0.717, 1.165) is 12.0 Å². The highest BCUT2D eigenvalue weighted by molar-refractivity contribution is 5.70. The number of ether oxygens (including phenoxy) is 5. The van der Waals surface area contributed by atoms with Gasteiger partial charge in [0.15, 0.2) is 0 Å². The Balaban J connectivity index is 1.94. The van der Waals surface area contributed by atoms with Crippen LogP contribution in [0.25, 0.3) is 0 Å². The van der Waals surface area contributed by atoms with E-state index in [4.69, 9.17) is 23.7 Å². The first kappa shape index (κ1) is 27.7. The van der Waals surface area contributed by atoms with Crippen molar-refractivity contribution in [2.24, 2.45) is 11.8 Å². The van der Waals surface area contributed by atoms with E-state index >= 15 is 0 Å². The Labute approximate surface area is 198 Å². The van der Waals surface area contributed by atoms with Crippen LogP contribution in [0, 0.1) is 11.8 Å². The SMILES string of the molecule is COC(=O)C[C@H]1C=C[C@@H](OC)[C@@H](/C(C)=C/C=C/[C@@H](C)C[C@@]2(C)O[C@@H]2[C@H](C)C(OC)[C@@H](C)O)O1. The fourth-order valence-corrected chi connectivity index (χ4v) is 4.88. The van der Waals surface area contributed by atoms with Crippen molar-refractivity contribution in [3.05, 3.63) is 36.0 Å². The van der Waals surface area contributed by atoms with Gasteiger partial charge in [0.25, 0.3) is 0 Å². The van der Waals surface area contributed by atoms with Gasteiger partial charge in [0.05, 0.1) is 43.5 Å². The number of allylic oxidation sites excluding steroid dienone is 3. The lowest BCUT2D eigenvalue weighted by molar-refractivity contribution is -0.145. The molecule has 9 atom stereocenters.